The minimum absolute atomic E-state index is 0.379. The van der Waals surface area contributed by atoms with Crippen LogP contribution < -0.4 is 5.32 Å². The first-order chi connectivity index (χ1) is 8.29. The van der Waals surface area contributed by atoms with E-state index in [4.69, 9.17) is 4.74 Å². The Morgan fingerprint density at radius 2 is 2.18 bits per heavy atom. The predicted molar refractivity (Wildman–Crippen MR) is 74.9 cm³/mol. The zero-order valence-electron chi connectivity index (χ0n) is 10.6. The molecule has 1 aliphatic heterocycles. The molecule has 2 rings (SSSR count). The van der Waals surface area contributed by atoms with Gasteiger partial charge in [-0.15, -0.1) is 11.8 Å². The van der Waals surface area contributed by atoms with E-state index in [1.165, 1.54) is 23.4 Å². The number of anilines is 1. The van der Waals surface area contributed by atoms with Gasteiger partial charge in [0.2, 0.25) is 0 Å². The number of benzene rings is 1. The van der Waals surface area contributed by atoms with Gasteiger partial charge in [-0.2, -0.15) is 0 Å². The van der Waals surface area contributed by atoms with Crippen molar-refractivity contribution in [2.75, 3.05) is 17.6 Å². The molecule has 1 N–H and O–H groups in total. The lowest BCUT2D eigenvalue weighted by Crippen LogP contribution is -2.19. The summed E-state index contributed by atoms with van der Waals surface area (Å²) in [5.74, 6) is 1.11. The summed E-state index contributed by atoms with van der Waals surface area (Å²) in [6.45, 7) is 5.26. The number of thioether (sulfide) groups is 1. The molecule has 3 heteroatoms. The van der Waals surface area contributed by atoms with Gasteiger partial charge < -0.3 is 10.1 Å². The Morgan fingerprint density at radius 1 is 1.35 bits per heavy atom. The molecule has 1 aliphatic rings. The third kappa shape index (κ3) is 3.65. The summed E-state index contributed by atoms with van der Waals surface area (Å²) in [5, 5.41) is 3.51. The van der Waals surface area contributed by atoms with Crippen LogP contribution in [0.2, 0.25) is 0 Å². The molecule has 17 heavy (non-hydrogen) atoms. The van der Waals surface area contributed by atoms with Crippen LogP contribution >= 0.6 is 11.8 Å². The maximum absolute atomic E-state index is 5.81. The van der Waals surface area contributed by atoms with Crippen molar-refractivity contribution in [3.8, 4) is 0 Å². The lowest BCUT2D eigenvalue weighted by atomic mass is 10.2. The Kier molecular flexibility index (Phi) is 4.75. The third-order valence-electron chi connectivity index (χ3n) is 3.03. The molecule has 94 valence electrons. The average molecular weight is 251 g/mol. The molecule has 1 fully saturated rings. The van der Waals surface area contributed by atoms with E-state index >= 15 is 0 Å². The van der Waals surface area contributed by atoms with Gasteiger partial charge >= 0.3 is 0 Å². The van der Waals surface area contributed by atoms with Gasteiger partial charge in [-0.25, -0.2) is 0 Å². The largest absolute Gasteiger partial charge is 0.382 e. The van der Waals surface area contributed by atoms with Crippen molar-refractivity contribution in [1.29, 1.82) is 0 Å². The monoisotopic (exact) mass is 251 g/mol. The number of hydrogen-bond donors (Lipinski definition) is 1. The van der Waals surface area contributed by atoms with Gasteiger partial charge in [0, 0.05) is 17.1 Å². The quantitative estimate of drug-likeness (QED) is 0.805. The number of nitrogens with one attached hydrogen (secondary N) is 1. The smallest absolute Gasteiger partial charge is 0.0751 e. The Morgan fingerprint density at radius 3 is 2.88 bits per heavy atom. The van der Waals surface area contributed by atoms with Crippen molar-refractivity contribution in [2.45, 2.75) is 43.8 Å². The van der Waals surface area contributed by atoms with E-state index in [0.29, 0.717) is 12.2 Å². The van der Waals surface area contributed by atoms with Crippen LogP contribution in [0.3, 0.4) is 0 Å². The van der Waals surface area contributed by atoms with Gasteiger partial charge in [0.15, 0.2) is 0 Å². The molecule has 0 bridgehead atoms. The average Bonchev–Trinajstić information content (AvgIpc) is 2.74. The van der Waals surface area contributed by atoms with Gasteiger partial charge in [-0.1, -0.05) is 19.1 Å². The molecule has 2 atom stereocenters. The maximum atomic E-state index is 5.81. The summed E-state index contributed by atoms with van der Waals surface area (Å²) in [6, 6.07) is 8.50. The molecule has 2 unspecified atom stereocenters. The molecule has 1 saturated heterocycles. The fraction of sp³-hybridized carbons (Fsp3) is 0.571. The molecule has 1 aromatic rings. The lowest BCUT2D eigenvalue weighted by molar-refractivity contribution is 0.0636. The number of hydrogen-bond acceptors (Lipinski definition) is 3. The highest BCUT2D eigenvalue weighted by Crippen LogP contribution is 2.27. The zero-order chi connectivity index (χ0) is 12.1. The highest BCUT2D eigenvalue weighted by atomic mass is 32.2. The van der Waals surface area contributed by atoms with Crippen LogP contribution in [-0.2, 0) is 4.74 Å². The predicted octanol–water partition coefficient (Wildman–Crippen LogP) is 3.78. The van der Waals surface area contributed by atoms with Crippen LogP contribution in [0.4, 0.5) is 5.69 Å². The van der Waals surface area contributed by atoms with Crippen molar-refractivity contribution in [2.24, 2.45) is 0 Å². The Bertz CT molecular complexity index is 356. The Hall–Kier alpha value is -0.670. The molecule has 0 aromatic heterocycles. The summed E-state index contributed by atoms with van der Waals surface area (Å²) in [5.41, 5.74) is 1.24. The van der Waals surface area contributed by atoms with E-state index in [9.17, 15) is 0 Å². The number of rotatable bonds is 5. The second kappa shape index (κ2) is 6.31. The maximum Gasteiger partial charge on any atom is 0.0751 e. The number of para-hydroxylation sites is 1. The molecule has 0 spiro atoms. The highest BCUT2D eigenvalue weighted by molar-refractivity contribution is 7.99. The molecule has 0 aliphatic carbocycles. The van der Waals surface area contributed by atoms with Gasteiger partial charge in [0.05, 0.1) is 12.2 Å². The second-order valence-corrected chi connectivity index (χ2v) is 5.76. The van der Waals surface area contributed by atoms with Gasteiger partial charge in [-0.05, 0) is 37.7 Å². The minimum atomic E-state index is 0.379. The second-order valence-electron chi connectivity index (χ2n) is 4.46. The molecule has 1 aromatic carbocycles. The molecule has 2 nitrogen and oxygen atoms in total. The summed E-state index contributed by atoms with van der Waals surface area (Å²) >= 11 is 1.88. The first-order valence-corrected chi connectivity index (χ1v) is 7.39. The molecular weight excluding hydrogens is 230 g/mol. The summed E-state index contributed by atoms with van der Waals surface area (Å²) in [7, 11) is 0. The summed E-state index contributed by atoms with van der Waals surface area (Å²) < 4.78 is 5.81. The Balaban J connectivity index is 1.89. The van der Waals surface area contributed by atoms with E-state index in [1.807, 2.05) is 11.8 Å². The van der Waals surface area contributed by atoms with E-state index in [1.54, 1.807) is 0 Å². The topological polar surface area (TPSA) is 21.3 Å². The van der Waals surface area contributed by atoms with Crippen molar-refractivity contribution in [3.05, 3.63) is 24.3 Å². The standard InChI is InChI=1S/C14H21NOS/c1-3-17-14-7-5-4-6-13(14)15-10-12-9-8-11(2)16-12/h4-7,11-12,15H,3,8-10H2,1-2H3. The van der Waals surface area contributed by atoms with E-state index in [0.717, 1.165) is 12.3 Å². The summed E-state index contributed by atoms with van der Waals surface area (Å²) in [4.78, 5) is 1.33. The van der Waals surface area contributed by atoms with Gasteiger partial charge in [0.1, 0.15) is 0 Å². The van der Waals surface area contributed by atoms with Crippen molar-refractivity contribution in [3.63, 3.8) is 0 Å². The molecule has 0 radical (unpaired) electrons. The fourth-order valence-electron chi connectivity index (χ4n) is 2.15. The van der Waals surface area contributed by atoms with Crippen molar-refractivity contribution >= 4 is 17.4 Å². The van der Waals surface area contributed by atoms with Crippen LogP contribution in [-0.4, -0.2) is 24.5 Å². The van der Waals surface area contributed by atoms with Crippen molar-refractivity contribution < 1.29 is 4.74 Å². The van der Waals surface area contributed by atoms with Crippen molar-refractivity contribution in [1.82, 2.24) is 0 Å². The zero-order valence-corrected chi connectivity index (χ0v) is 11.4. The van der Waals surface area contributed by atoms with Gasteiger partial charge in [-0.3, -0.25) is 0 Å². The highest BCUT2D eigenvalue weighted by Gasteiger charge is 2.21. The van der Waals surface area contributed by atoms with Crippen LogP contribution in [0.1, 0.15) is 26.7 Å². The number of ether oxygens (including phenoxy) is 1. The third-order valence-corrected chi connectivity index (χ3v) is 3.98. The first kappa shape index (κ1) is 12.8. The van der Waals surface area contributed by atoms with Gasteiger partial charge in [0.25, 0.3) is 0 Å². The fourth-order valence-corrected chi connectivity index (χ4v) is 2.93. The summed E-state index contributed by atoms with van der Waals surface area (Å²) in [6.07, 6.45) is 3.18. The minimum Gasteiger partial charge on any atom is -0.382 e. The SMILES string of the molecule is CCSc1ccccc1NCC1CCC(C)O1. The first-order valence-electron chi connectivity index (χ1n) is 6.40. The molecule has 0 amide bonds. The lowest BCUT2D eigenvalue weighted by Gasteiger charge is -2.15. The normalized spacial score (nSPS) is 23.9. The molecule has 0 saturated carbocycles. The van der Waals surface area contributed by atoms with Crippen LogP contribution in [0.15, 0.2) is 29.2 Å². The van der Waals surface area contributed by atoms with Crippen LogP contribution in [0, 0.1) is 0 Å². The van der Waals surface area contributed by atoms with Crippen LogP contribution in [0.25, 0.3) is 0 Å². The Labute approximate surface area is 108 Å². The van der Waals surface area contributed by atoms with Crippen LogP contribution in [0.5, 0.6) is 0 Å². The van der Waals surface area contributed by atoms with E-state index < -0.39 is 0 Å². The van der Waals surface area contributed by atoms with E-state index in [-0.39, 0.29) is 0 Å². The molecule has 1 heterocycles. The molecular formula is C14H21NOS. The van der Waals surface area contributed by atoms with E-state index in [2.05, 4.69) is 43.4 Å².